The molecule has 3 aromatic rings. The van der Waals surface area contributed by atoms with Gasteiger partial charge in [-0.1, -0.05) is 50.2 Å². The Labute approximate surface area is 247 Å². The van der Waals surface area contributed by atoms with Crippen LogP contribution in [0, 0.1) is 11.8 Å². The van der Waals surface area contributed by atoms with Gasteiger partial charge in [-0.05, 0) is 71.8 Å². The smallest absolute Gasteiger partial charge is 0.408 e. The summed E-state index contributed by atoms with van der Waals surface area (Å²) in [7, 11) is 3.28. The maximum atomic E-state index is 13.5. The standard InChI is InChI=1S/C32H40N2O6S/c1-23(2)26(19-25-11-12-29(38-4)30(20-25)39-18-8-17-37-3)21-28(31(35)41-27-13-15-33-16-14-27)34-32(36)40-22-24-9-6-5-7-10-24/h5-7,9-16,20,23,26,28H,8,17-19,21-22H2,1-4H3,(H,34,36). The molecule has 0 spiro atoms. The second-order valence-electron chi connectivity index (χ2n) is 9.99. The highest BCUT2D eigenvalue weighted by molar-refractivity contribution is 8.13. The monoisotopic (exact) mass is 580 g/mol. The Morgan fingerprint density at radius 3 is 2.37 bits per heavy atom. The number of ether oxygens (including phenoxy) is 4. The third-order valence-electron chi connectivity index (χ3n) is 6.62. The summed E-state index contributed by atoms with van der Waals surface area (Å²) in [5, 5.41) is 2.69. The largest absolute Gasteiger partial charge is 0.493 e. The van der Waals surface area contributed by atoms with Gasteiger partial charge in [0.25, 0.3) is 0 Å². The summed E-state index contributed by atoms with van der Waals surface area (Å²) < 4.78 is 22.0. The molecule has 2 unspecified atom stereocenters. The molecule has 220 valence electrons. The molecule has 0 saturated carbocycles. The van der Waals surface area contributed by atoms with E-state index < -0.39 is 12.1 Å². The molecule has 0 bridgehead atoms. The van der Waals surface area contributed by atoms with Crippen molar-refractivity contribution in [2.45, 2.75) is 50.7 Å². The van der Waals surface area contributed by atoms with E-state index in [4.69, 9.17) is 18.9 Å². The third-order valence-corrected chi connectivity index (χ3v) is 7.61. The van der Waals surface area contributed by atoms with E-state index in [0.29, 0.717) is 37.6 Å². The number of rotatable bonds is 16. The number of nitrogens with one attached hydrogen (secondary N) is 1. The Balaban J connectivity index is 1.74. The molecule has 0 radical (unpaired) electrons. The molecule has 2 atom stereocenters. The van der Waals surface area contributed by atoms with Crippen molar-refractivity contribution in [1.82, 2.24) is 10.3 Å². The molecule has 1 amide bonds. The summed E-state index contributed by atoms with van der Waals surface area (Å²) in [4.78, 5) is 31.1. The van der Waals surface area contributed by atoms with E-state index in [1.54, 1.807) is 38.7 Å². The molecular weight excluding hydrogens is 540 g/mol. The third kappa shape index (κ3) is 11.1. The van der Waals surface area contributed by atoms with Gasteiger partial charge in [0.2, 0.25) is 5.12 Å². The Bertz CT molecular complexity index is 1210. The molecule has 0 aliphatic heterocycles. The molecule has 0 fully saturated rings. The summed E-state index contributed by atoms with van der Waals surface area (Å²) in [5.74, 6) is 1.67. The van der Waals surface area contributed by atoms with Crippen molar-refractivity contribution in [3.05, 3.63) is 84.2 Å². The van der Waals surface area contributed by atoms with Crippen molar-refractivity contribution in [2.75, 3.05) is 27.4 Å². The number of thioether (sulfide) groups is 1. The summed E-state index contributed by atoms with van der Waals surface area (Å²) in [6.45, 7) is 5.51. The zero-order valence-electron chi connectivity index (χ0n) is 24.2. The van der Waals surface area contributed by atoms with Crippen LogP contribution < -0.4 is 14.8 Å². The number of hydrogen-bond acceptors (Lipinski definition) is 8. The van der Waals surface area contributed by atoms with Crippen molar-refractivity contribution < 1.29 is 28.5 Å². The number of methoxy groups -OCH3 is 2. The lowest BCUT2D eigenvalue weighted by Gasteiger charge is -2.26. The lowest BCUT2D eigenvalue weighted by Crippen LogP contribution is -2.42. The average Bonchev–Trinajstić information content (AvgIpc) is 2.98. The van der Waals surface area contributed by atoms with Crippen LogP contribution in [0.5, 0.6) is 11.5 Å². The normalized spacial score (nSPS) is 12.4. The Kier molecular flexibility index (Phi) is 13.5. The zero-order valence-corrected chi connectivity index (χ0v) is 25.0. The first kappa shape index (κ1) is 32.0. The highest BCUT2D eigenvalue weighted by Gasteiger charge is 2.28. The molecule has 3 rings (SSSR count). The molecule has 1 aromatic heterocycles. The number of pyridine rings is 1. The second-order valence-corrected chi connectivity index (χ2v) is 11.1. The van der Waals surface area contributed by atoms with Crippen molar-refractivity contribution in [2.24, 2.45) is 11.8 Å². The first-order chi connectivity index (χ1) is 19.9. The lowest BCUT2D eigenvalue weighted by molar-refractivity contribution is -0.113. The maximum absolute atomic E-state index is 13.5. The van der Waals surface area contributed by atoms with Gasteiger partial charge >= 0.3 is 6.09 Å². The van der Waals surface area contributed by atoms with Crippen molar-refractivity contribution >= 4 is 23.0 Å². The van der Waals surface area contributed by atoms with Crippen LogP contribution >= 0.6 is 11.8 Å². The van der Waals surface area contributed by atoms with E-state index in [2.05, 4.69) is 24.1 Å². The number of aromatic nitrogens is 1. The Hall–Kier alpha value is -3.56. The number of alkyl carbamates (subject to hydrolysis) is 1. The molecule has 8 nitrogen and oxygen atoms in total. The Morgan fingerprint density at radius 2 is 1.68 bits per heavy atom. The fourth-order valence-electron chi connectivity index (χ4n) is 4.26. The summed E-state index contributed by atoms with van der Waals surface area (Å²) in [6, 6.07) is 18.2. The van der Waals surface area contributed by atoms with Crippen LogP contribution in [0.4, 0.5) is 4.79 Å². The van der Waals surface area contributed by atoms with Crippen LogP contribution in [0.3, 0.4) is 0 Å². The van der Waals surface area contributed by atoms with E-state index in [1.807, 2.05) is 48.5 Å². The average molecular weight is 581 g/mol. The van der Waals surface area contributed by atoms with Crippen LogP contribution in [0.15, 0.2) is 78.0 Å². The number of nitrogens with zero attached hydrogens (tertiary/aromatic N) is 1. The minimum Gasteiger partial charge on any atom is -0.493 e. The van der Waals surface area contributed by atoms with Crippen LogP contribution in [0.1, 0.15) is 37.8 Å². The summed E-state index contributed by atoms with van der Waals surface area (Å²) >= 11 is 1.09. The van der Waals surface area contributed by atoms with Gasteiger partial charge in [-0.15, -0.1) is 0 Å². The van der Waals surface area contributed by atoms with E-state index in [-0.39, 0.29) is 23.6 Å². The number of carbonyl (C=O) groups is 2. The molecule has 1 N–H and O–H groups in total. The summed E-state index contributed by atoms with van der Waals surface area (Å²) in [5.41, 5.74) is 1.93. The van der Waals surface area contributed by atoms with E-state index >= 15 is 0 Å². The van der Waals surface area contributed by atoms with Crippen molar-refractivity contribution in [3.63, 3.8) is 0 Å². The molecule has 0 aliphatic carbocycles. The first-order valence-corrected chi connectivity index (χ1v) is 14.6. The molecule has 0 saturated heterocycles. The van der Waals surface area contributed by atoms with E-state index in [9.17, 15) is 9.59 Å². The van der Waals surface area contributed by atoms with Crippen LogP contribution in [0.2, 0.25) is 0 Å². The SMILES string of the molecule is COCCCOc1cc(CC(CC(NC(=O)OCc2ccccc2)C(=O)Sc2ccncc2)C(C)C)ccc1OC. The van der Waals surface area contributed by atoms with Gasteiger partial charge in [-0.3, -0.25) is 9.78 Å². The quantitative estimate of drug-likeness (QED) is 0.155. The van der Waals surface area contributed by atoms with Gasteiger partial charge in [-0.25, -0.2) is 4.79 Å². The van der Waals surface area contributed by atoms with E-state index in [0.717, 1.165) is 34.2 Å². The fourth-order valence-corrected chi connectivity index (χ4v) is 5.05. The minimum absolute atomic E-state index is 0.0890. The topological polar surface area (TPSA) is 96.0 Å². The number of benzene rings is 2. The van der Waals surface area contributed by atoms with Gasteiger partial charge in [0.15, 0.2) is 11.5 Å². The number of amides is 1. The van der Waals surface area contributed by atoms with Gasteiger partial charge in [0.1, 0.15) is 12.6 Å². The molecule has 9 heteroatoms. The van der Waals surface area contributed by atoms with Crippen molar-refractivity contribution in [3.8, 4) is 11.5 Å². The van der Waals surface area contributed by atoms with Crippen LogP contribution in [-0.4, -0.2) is 49.7 Å². The predicted octanol–water partition coefficient (Wildman–Crippen LogP) is 6.32. The molecule has 0 aliphatic rings. The highest BCUT2D eigenvalue weighted by atomic mass is 32.2. The zero-order chi connectivity index (χ0) is 29.5. The van der Waals surface area contributed by atoms with Crippen molar-refractivity contribution in [1.29, 1.82) is 0 Å². The van der Waals surface area contributed by atoms with Gasteiger partial charge in [0, 0.05) is 37.4 Å². The Morgan fingerprint density at radius 1 is 0.927 bits per heavy atom. The first-order valence-electron chi connectivity index (χ1n) is 13.8. The second kappa shape index (κ2) is 17.3. The molecular formula is C32H40N2O6S. The highest BCUT2D eigenvalue weighted by Crippen LogP contribution is 2.32. The van der Waals surface area contributed by atoms with Gasteiger partial charge in [-0.2, -0.15) is 0 Å². The predicted molar refractivity (Wildman–Crippen MR) is 160 cm³/mol. The lowest BCUT2D eigenvalue weighted by atomic mass is 9.84. The number of hydrogen-bond donors (Lipinski definition) is 1. The summed E-state index contributed by atoms with van der Waals surface area (Å²) in [6.07, 6.45) is 4.57. The number of carbonyl (C=O) groups excluding carboxylic acids is 2. The molecule has 1 heterocycles. The fraction of sp³-hybridized carbons (Fsp3) is 0.406. The van der Waals surface area contributed by atoms with Gasteiger partial charge in [0.05, 0.1) is 13.7 Å². The minimum atomic E-state index is -0.744. The molecule has 2 aromatic carbocycles. The van der Waals surface area contributed by atoms with Gasteiger partial charge < -0.3 is 24.3 Å². The van der Waals surface area contributed by atoms with E-state index in [1.165, 1.54) is 0 Å². The van der Waals surface area contributed by atoms with Crippen LogP contribution in [-0.2, 0) is 27.3 Å². The molecule has 41 heavy (non-hydrogen) atoms. The van der Waals surface area contributed by atoms with Crippen LogP contribution in [0.25, 0.3) is 0 Å². The maximum Gasteiger partial charge on any atom is 0.408 e.